The average molecular weight is 413 g/mol. The molecule has 0 spiro atoms. The number of amides is 1. The van der Waals surface area contributed by atoms with Gasteiger partial charge < -0.3 is 10.1 Å². The van der Waals surface area contributed by atoms with Gasteiger partial charge in [-0.05, 0) is 59.2 Å². The summed E-state index contributed by atoms with van der Waals surface area (Å²) in [7, 11) is 0. The average Bonchev–Trinajstić information content (AvgIpc) is 3.21. The van der Waals surface area contributed by atoms with E-state index in [1.54, 1.807) is 4.68 Å². The third kappa shape index (κ3) is 4.95. The Morgan fingerprint density at radius 3 is 2.55 bits per heavy atom. The van der Waals surface area contributed by atoms with Gasteiger partial charge in [0.05, 0.1) is 5.69 Å². The number of hydrogen-bond acceptors (Lipinski definition) is 5. The number of hydrogen-bond donors (Lipinski definition) is 1. The van der Waals surface area contributed by atoms with Gasteiger partial charge in [0.1, 0.15) is 5.75 Å². The molecule has 7 nitrogen and oxygen atoms in total. The van der Waals surface area contributed by atoms with Crippen molar-refractivity contribution in [3.63, 3.8) is 0 Å². The molecule has 0 radical (unpaired) electrons. The highest BCUT2D eigenvalue weighted by Crippen LogP contribution is 2.22. The molecule has 0 fully saturated rings. The molecule has 0 aliphatic carbocycles. The number of ether oxygens (including phenoxy) is 1. The van der Waals surface area contributed by atoms with Crippen LogP contribution in [0.1, 0.15) is 22.5 Å². The number of aryl methyl sites for hydroxylation is 2. The number of aromatic nitrogens is 4. The first kappa shape index (κ1) is 20.3. The Balaban J connectivity index is 1.42. The van der Waals surface area contributed by atoms with Crippen molar-refractivity contribution in [2.24, 2.45) is 0 Å². The van der Waals surface area contributed by atoms with Crippen LogP contribution in [0.25, 0.3) is 5.69 Å². The summed E-state index contributed by atoms with van der Waals surface area (Å²) in [4.78, 5) is 12.5. The smallest absolute Gasteiger partial charge is 0.262 e. The lowest BCUT2D eigenvalue weighted by Crippen LogP contribution is -2.20. The van der Waals surface area contributed by atoms with E-state index in [4.69, 9.17) is 4.74 Å². The van der Waals surface area contributed by atoms with Crippen LogP contribution >= 0.6 is 0 Å². The van der Waals surface area contributed by atoms with Crippen molar-refractivity contribution in [3.8, 4) is 11.4 Å². The van der Waals surface area contributed by atoms with Gasteiger partial charge in [-0.2, -0.15) is 4.68 Å². The monoisotopic (exact) mass is 413 g/mol. The van der Waals surface area contributed by atoms with Crippen LogP contribution in [0.3, 0.4) is 0 Å². The first-order chi connectivity index (χ1) is 15.1. The molecule has 0 saturated carbocycles. The van der Waals surface area contributed by atoms with Crippen molar-refractivity contribution < 1.29 is 9.53 Å². The van der Waals surface area contributed by atoms with Crippen LogP contribution in [0.2, 0.25) is 0 Å². The minimum Gasteiger partial charge on any atom is -0.483 e. The number of carbonyl (C=O) groups excluding carboxylic acids is 1. The van der Waals surface area contributed by atoms with E-state index in [-0.39, 0.29) is 12.5 Å². The van der Waals surface area contributed by atoms with Gasteiger partial charge >= 0.3 is 0 Å². The van der Waals surface area contributed by atoms with Crippen LogP contribution in [0, 0.1) is 13.8 Å². The van der Waals surface area contributed by atoms with Crippen LogP contribution in [-0.4, -0.2) is 32.7 Å². The Bertz CT molecular complexity index is 1190. The number of rotatable bonds is 7. The van der Waals surface area contributed by atoms with Crippen LogP contribution < -0.4 is 10.1 Å². The number of carbonyl (C=O) groups is 1. The van der Waals surface area contributed by atoms with Gasteiger partial charge in [0.25, 0.3) is 5.91 Å². The lowest BCUT2D eigenvalue weighted by molar-refractivity contribution is -0.118. The normalized spacial score (nSPS) is 10.6. The summed E-state index contributed by atoms with van der Waals surface area (Å²) in [5.41, 5.74) is 4.69. The summed E-state index contributed by atoms with van der Waals surface area (Å²) in [6.07, 6.45) is 0.741. The number of para-hydroxylation sites is 1. The van der Waals surface area contributed by atoms with Gasteiger partial charge in [0.2, 0.25) is 0 Å². The van der Waals surface area contributed by atoms with Gasteiger partial charge in [-0.15, -0.1) is 5.10 Å². The second kappa shape index (κ2) is 9.21. The molecule has 7 heteroatoms. The maximum Gasteiger partial charge on any atom is 0.262 e. The van der Waals surface area contributed by atoms with E-state index < -0.39 is 0 Å². The Morgan fingerprint density at radius 1 is 1.00 bits per heavy atom. The number of nitrogens with one attached hydrogen (secondary N) is 1. The predicted octanol–water partition coefficient (Wildman–Crippen LogP) is 3.89. The third-order valence-electron chi connectivity index (χ3n) is 4.92. The van der Waals surface area contributed by atoms with Gasteiger partial charge in [-0.25, -0.2) is 0 Å². The largest absolute Gasteiger partial charge is 0.483 e. The molecule has 31 heavy (non-hydrogen) atoms. The summed E-state index contributed by atoms with van der Waals surface area (Å²) in [5, 5.41) is 14.5. The molecular formula is C24H23N5O2. The molecule has 3 aromatic carbocycles. The molecule has 1 heterocycles. The fourth-order valence-corrected chi connectivity index (χ4v) is 3.32. The van der Waals surface area contributed by atoms with Gasteiger partial charge in [-0.1, -0.05) is 54.6 Å². The Labute approximate surface area is 180 Å². The van der Waals surface area contributed by atoms with Crippen molar-refractivity contribution in [1.29, 1.82) is 0 Å². The van der Waals surface area contributed by atoms with E-state index in [1.807, 2.05) is 74.5 Å². The topological polar surface area (TPSA) is 81.9 Å². The van der Waals surface area contributed by atoms with E-state index in [9.17, 15) is 4.79 Å². The summed E-state index contributed by atoms with van der Waals surface area (Å²) in [6, 6.07) is 23.6. The highest BCUT2D eigenvalue weighted by molar-refractivity contribution is 5.92. The molecule has 1 aromatic heterocycles. The van der Waals surface area contributed by atoms with Crippen LogP contribution in [0.4, 0.5) is 5.69 Å². The molecule has 1 amide bonds. The standard InChI is InChI=1S/C24H23N5O2/c1-17-12-13-21(15-22(17)29-18(2)26-27-28-29)25-24(30)16-31-23-11-7-6-10-20(23)14-19-8-4-3-5-9-19/h3-13,15H,14,16H2,1-2H3,(H,25,30). The second-order valence-corrected chi connectivity index (χ2v) is 7.25. The molecular weight excluding hydrogens is 390 g/mol. The highest BCUT2D eigenvalue weighted by Gasteiger charge is 2.11. The van der Waals surface area contributed by atoms with Crippen LogP contribution in [0.5, 0.6) is 5.75 Å². The molecule has 0 aliphatic rings. The lowest BCUT2D eigenvalue weighted by atomic mass is 10.0. The molecule has 156 valence electrons. The van der Waals surface area contributed by atoms with Crippen molar-refractivity contribution in [1.82, 2.24) is 20.2 Å². The molecule has 0 unspecified atom stereocenters. The third-order valence-corrected chi connectivity index (χ3v) is 4.92. The fourth-order valence-electron chi connectivity index (χ4n) is 3.32. The van der Waals surface area contributed by atoms with Gasteiger partial charge in [-0.3, -0.25) is 4.79 Å². The molecule has 0 atom stereocenters. The zero-order valence-corrected chi connectivity index (χ0v) is 17.4. The van der Waals surface area contributed by atoms with E-state index in [1.165, 1.54) is 5.56 Å². The first-order valence-electron chi connectivity index (χ1n) is 10.0. The summed E-state index contributed by atoms with van der Waals surface area (Å²) < 4.78 is 7.48. The zero-order chi connectivity index (χ0) is 21.6. The van der Waals surface area contributed by atoms with E-state index >= 15 is 0 Å². The van der Waals surface area contributed by atoms with Crippen LogP contribution in [0.15, 0.2) is 72.8 Å². The molecule has 1 N–H and O–H groups in total. The zero-order valence-electron chi connectivity index (χ0n) is 17.4. The van der Waals surface area contributed by atoms with Crippen molar-refractivity contribution in [3.05, 3.63) is 95.3 Å². The molecule has 0 bridgehead atoms. The second-order valence-electron chi connectivity index (χ2n) is 7.25. The summed E-state index contributed by atoms with van der Waals surface area (Å²) in [6.45, 7) is 3.71. The SMILES string of the molecule is Cc1ccc(NC(=O)COc2ccccc2Cc2ccccc2)cc1-n1nnnc1C. The maximum atomic E-state index is 12.5. The van der Waals surface area contributed by atoms with Crippen molar-refractivity contribution >= 4 is 11.6 Å². The number of tetrazole rings is 1. The molecule has 4 aromatic rings. The first-order valence-corrected chi connectivity index (χ1v) is 10.0. The van der Waals surface area contributed by atoms with Crippen molar-refractivity contribution in [2.75, 3.05) is 11.9 Å². The van der Waals surface area contributed by atoms with Crippen molar-refractivity contribution in [2.45, 2.75) is 20.3 Å². The minimum absolute atomic E-state index is 0.0844. The lowest BCUT2D eigenvalue weighted by Gasteiger charge is -2.13. The Hall–Kier alpha value is -4.00. The number of anilines is 1. The molecule has 0 aliphatic heterocycles. The maximum absolute atomic E-state index is 12.5. The van der Waals surface area contributed by atoms with E-state index in [2.05, 4.69) is 33.0 Å². The number of nitrogens with zero attached hydrogens (tertiary/aromatic N) is 4. The summed E-state index contributed by atoms with van der Waals surface area (Å²) >= 11 is 0. The van der Waals surface area contributed by atoms with Gasteiger partial charge in [0.15, 0.2) is 12.4 Å². The fraction of sp³-hybridized carbons (Fsp3) is 0.167. The van der Waals surface area contributed by atoms with E-state index in [0.717, 1.165) is 23.2 Å². The molecule has 4 rings (SSSR count). The van der Waals surface area contributed by atoms with Crippen LogP contribution in [-0.2, 0) is 11.2 Å². The quantitative estimate of drug-likeness (QED) is 0.497. The number of benzene rings is 3. The molecule has 0 saturated heterocycles. The Morgan fingerprint density at radius 2 is 1.77 bits per heavy atom. The minimum atomic E-state index is -0.238. The predicted molar refractivity (Wildman–Crippen MR) is 118 cm³/mol. The highest BCUT2D eigenvalue weighted by atomic mass is 16.5. The summed E-state index contributed by atoms with van der Waals surface area (Å²) in [5.74, 6) is 1.14. The Kier molecular flexibility index (Phi) is 6.03. The van der Waals surface area contributed by atoms with Gasteiger partial charge in [0, 0.05) is 12.1 Å². The van der Waals surface area contributed by atoms with E-state index in [0.29, 0.717) is 17.3 Å².